The van der Waals surface area contributed by atoms with Gasteiger partial charge in [-0.25, -0.2) is 15.0 Å². The molecule has 0 radical (unpaired) electrons. The number of anilines is 2. The summed E-state index contributed by atoms with van der Waals surface area (Å²) in [6.45, 7) is 0. The maximum atomic E-state index is 10.0. The van der Waals surface area contributed by atoms with Crippen LogP contribution in [0.3, 0.4) is 0 Å². The van der Waals surface area contributed by atoms with E-state index < -0.39 is 0 Å². The molecule has 104 valence electrons. The Morgan fingerprint density at radius 2 is 1.62 bits per heavy atom. The SMILES string of the molecule is Nc1cc(-c2ccc(O)c(-c3ccnc(N)n3)c2)ccn1. The van der Waals surface area contributed by atoms with Crippen molar-refractivity contribution in [3.05, 3.63) is 48.8 Å². The Hall–Kier alpha value is -3.15. The van der Waals surface area contributed by atoms with E-state index >= 15 is 0 Å². The summed E-state index contributed by atoms with van der Waals surface area (Å²) >= 11 is 0. The van der Waals surface area contributed by atoms with Crippen LogP contribution in [0.25, 0.3) is 22.4 Å². The van der Waals surface area contributed by atoms with Gasteiger partial charge in [-0.3, -0.25) is 0 Å². The Balaban J connectivity index is 2.12. The molecule has 0 aliphatic rings. The summed E-state index contributed by atoms with van der Waals surface area (Å²) in [4.78, 5) is 11.9. The molecule has 0 unspecified atom stereocenters. The Labute approximate surface area is 121 Å². The van der Waals surface area contributed by atoms with Crippen LogP contribution in [-0.4, -0.2) is 20.1 Å². The first-order valence-electron chi connectivity index (χ1n) is 6.27. The number of pyridine rings is 1. The molecule has 2 aromatic heterocycles. The molecule has 3 rings (SSSR count). The standard InChI is InChI=1S/C15H13N5O/c16-14-8-10(3-5-18-14)9-1-2-13(21)11(7-9)12-4-6-19-15(17)20-12/h1-8,21H,(H2,16,18)(H2,17,19,20). The fourth-order valence-corrected chi connectivity index (χ4v) is 2.07. The number of hydrogen-bond donors (Lipinski definition) is 3. The maximum absolute atomic E-state index is 10.0. The summed E-state index contributed by atoms with van der Waals surface area (Å²) in [6.07, 6.45) is 3.19. The van der Waals surface area contributed by atoms with E-state index in [0.717, 1.165) is 11.1 Å². The first kappa shape index (κ1) is 12.9. The Bertz CT molecular complexity index is 804. The van der Waals surface area contributed by atoms with Gasteiger partial charge in [0.25, 0.3) is 0 Å². The largest absolute Gasteiger partial charge is 0.507 e. The Morgan fingerprint density at radius 1 is 0.857 bits per heavy atom. The number of phenols is 1. The molecule has 5 N–H and O–H groups in total. The highest BCUT2D eigenvalue weighted by Crippen LogP contribution is 2.32. The molecule has 0 saturated heterocycles. The minimum absolute atomic E-state index is 0.124. The number of nitrogens with two attached hydrogens (primary N) is 2. The van der Waals surface area contributed by atoms with Crippen LogP contribution < -0.4 is 11.5 Å². The average Bonchev–Trinajstić information content (AvgIpc) is 2.47. The fourth-order valence-electron chi connectivity index (χ4n) is 2.07. The molecule has 0 bridgehead atoms. The first-order valence-corrected chi connectivity index (χ1v) is 6.27. The number of phenolic OH excluding ortho intramolecular Hbond substituents is 1. The second-order valence-electron chi connectivity index (χ2n) is 4.50. The molecule has 2 heterocycles. The van der Waals surface area contributed by atoms with Gasteiger partial charge in [-0.1, -0.05) is 6.07 Å². The van der Waals surface area contributed by atoms with E-state index in [-0.39, 0.29) is 11.7 Å². The molecule has 0 atom stereocenters. The average molecular weight is 279 g/mol. The lowest BCUT2D eigenvalue weighted by molar-refractivity contribution is 0.477. The lowest BCUT2D eigenvalue weighted by Crippen LogP contribution is -1.95. The zero-order valence-corrected chi connectivity index (χ0v) is 11.1. The molecule has 0 aliphatic heterocycles. The van der Waals surface area contributed by atoms with Crippen molar-refractivity contribution in [1.29, 1.82) is 0 Å². The molecule has 21 heavy (non-hydrogen) atoms. The van der Waals surface area contributed by atoms with Gasteiger partial charge < -0.3 is 16.6 Å². The molecule has 0 saturated carbocycles. The van der Waals surface area contributed by atoms with Crippen molar-refractivity contribution in [2.24, 2.45) is 0 Å². The van der Waals surface area contributed by atoms with Crippen LogP contribution in [-0.2, 0) is 0 Å². The number of benzene rings is 1. The zero-order valence-electron chi connectivity index (χ0n) is 11.1. The topological polar surface area (TPSA) is 111 Å². The molecule has 6 heteroatoms. The van der Waals surface area contributed by atoms with Gasteiger partial charge >= 0.3 is 0 Å². The molecular weight excluding hydrogens is 266 g/mol. The second kappa shape index (κ2) is 5.09. The van der Waals surface area contributed by atoms with Crippen LogP contribution in [0.2, 0.25) is 0 Å². The third-order valence-electron chi connectivity index (χ3n) is 3.06. The number of aromatic hydroxyl groups is 1. The Kier molecular flexibility index (Phi) is 3.12. The number of aromatic nitrogens is 3. The minimum atomic E-state index is 0.124. The quantitative estimate of drug-likeness (QED) is 0.662. The summed E-state index contributed by atoms with van der Waals surface area (Å²) < 4.78 is 0. The van der Waals surface area contributed by atoms with E-state index in [9.17, 15) is 5.11 Å². The number of nitrogens with zero attached hydrogens (tertiary/aromatic N) is 3. The van der Waals surface area contributed by atoms with Crippen molar-refractivity contribution in [3.63, 3.8) is 0 Å². The molecule has 0 aliphatic carbocycles. The number of rotatable bonds is 2. The third-order valence-corrected chi connectivity index (χ3v) is 3.06. The van der Waals surface area contributed by atoms with Crippen LogP contribution in [0.1, 0.15) is 0 Å². The molecule has 0 spiro atoms. The molecule has 0 amide bonds. The summed E-state index contributed by atoms with van der Waals surface area (Å²) in [5.74, 6) is 0.720. The lowest BCUT2D eigenvalue weighted by Gasteiger charge is -2.08. The smallest absolute Gasteiger partial charge is 0.220 e. The third kappa shape index (κ3) is 2.59. The van der Waals surface area contributed by atoms with Gasteiger partial charge in [-0.05, 0) is 41.5 Å². The van der Waals surface area contributed by atoms with Gasteiger partial charge in [-0.2, -0.15) is 0 Å². The van der Waals surface area contributed by atoms with Crippen LogP contribution in [0.4, 0.5) is 11.8 Å². The van der Waals surface area contributed by atoms with Gasteiger partial charge in [0.2, 0.25) is 5.95 Å². The van der Waals surface area contributed by atoms with E-state index in [1.807, 2.05) is 12.1 Å². The second-order valence-corrected chi connectivity index (χ2v) is 4.50. The van der Waals surface area contributed by atoms with E-state index in [2.05, 4.69) is 15.0 Å². The van der Waals surface area contributed by atoms with Gasteiger partial charge in [0.1, 0.15) is 11.6 Å². The summed E-state index contributed by atoms with van der Waals surface area (Å²) in [5.41, 5.74) is 14.2. The fraction of sp³-hybridized carbons (Fsp3) is 0. The predicted molar refractivity (Wildman–Crippen MR) is 81.2 cm³/mol. The van der Waals surface area contributed by atoms with Crippen LogP contribution in [0.5, 0.6) is 5.75 Å². The summed E-state index contributed by atoms with van der Waals surface area (Å²) in [7, 11) is 0. The van der Waals surface area contributed by atoms with Gasteiger partial charge in [0, 0.05) is 18.0 Å². The van der Waals surface area contributed by atoms with Crippen LogP contribution in [0.15, 0.2) is 48.8 Å². The van der Waals surface area contributed by atoms with E-state index in [1.54, 1.807) is 36.7 Å². The highest BCUT2D eigenvalue weighted by atomic mass is 16.3. The maximum Gasteiger partial charge on any atom is 0.220 e. The predicted octanol–water partition coefficient (Wildman–Crippen LogP) is 2.08. The van der Waals surface area contributed by atoms with Gasteiger partial charge in [-0.15, -0.1) is 0 Å². The van der Waals surface area contributed by atoms with E-state index in [1.165, 1.54) is 0 Å². The van der Waals surface area contributed by atoms with Crippen molar-refractivity contribution in [2.75, 3.05) is 11.5 Å². The Morgan fingerprint density at radius 3 is 2.38 bits per heavy atom. The molecule has 6 nitrogen and oxygen atoms in total. The van der Waals surface area contributed by atoms with Crippen molar-refractivity contribution in [2.45, 2.75) is 0 Å². The number of nitrogen functional groups attached to an aromatic ring is 2. The van der Waals surface area contributed by atoms with Crippen LogP contribution in [0, 0.1) is 0 Å². The zero-order chi connectivity index (χ0) is 14.8. The monoisotopic (exact) mass is 279 g/mol. The highest BCUT2D eigenvalue weighted by Gasteiger charge is 2.09. The lowest BCUT2D eigenvalue weighted by atomic mass is 10.0. The molecular formula is C15H13N5O. The van der Waals surface area contributed by atoms with Crippen molar-refractivity contribution in [1.82, 2.24) is 15.0 Å². The first-order chi connectivity index (χ1) is 10.1. The summed E-state index contributed by atoms with van der Waals surface area (Å²) in [6, 6.07) is 10.5. The normalized spacial score (nSPS) is 10.5. The molecule has 3 aromatic rings. The van der Waals surface area contributed by atoms with Crippen molar-refractivity contribution < 1.29 is 5.11 Å². The van der Waals surface area contributed by atoms with Crippen molar-refractivity contribution in [3.8, 4) is 28.1 Å². The number of hydrogen-bond acceptors (Lipinski definition) is 6. The van der Waals surface area contributed by atoms with Crippen LogP contribution >= 0.6 is 0 Å². The van der Waals surface area contributed by atoms with E-state index in [0.29, 0.717) is 17.1 Å². The summed E-state index contributed by atoms with van der Waals surface area (Å²) in [5, 5.41) is 10.0. The van der Waals surface area contributed by atoms with Gasteiger partial charge in [0.15, 0.2) is 0 Å². The molecule has 1 aromatic carbocycles. The van der Waals surface area contributed by atoms with E-state index in [4.69, 9.17) is 11.5 Å². The highest BCUT2D eigenvalue weighted by molar-refractivity contribution is 5.76. The minimum Gasteiger partial charge on any atom is -0.507 e. The molecule has 0 fully saturated rings. The van der Waals surface area contributed by atoms with Gasteiger partial charge in [0.05, 0.1) is 5.69 Å². The van der Waals surface area contributed by atoms with Crippen molar-refractivity contribution >= 4 is 11.8 Å².